The molecule has 0 aromatic heterocycles. The molecule has 2 saturated heterocycles. The Kier molecular flexibility index (Phi) is 10.6. The molecule has 2 aromatic carbocycles. The minimum Gasteiger partial charge on any atom is -0.495 e. The second-order valence-electron chi connectivity index (χ2n) is 10.6. The molecule has 0 radical (unpaired) electrons. The number of rotatable bonds is 7. The van der Waals surface area contributed by atoms with E-state index in [0.29, 0.717) is 82.3 Å². The summed E-state index contributed by atoms with van der Waals surface area (Å²) >= 11 is 0. The summed E-state index contributed by atoms with van der Waals surface area (Å²) in [6.07, 6.45) is 2.09. The van der Waals surface area contributed by atoms with Crippen molar-refractivity contribution in [2.24, 2.45) is 5.92 Å². The number of hydrogen-bond donors (Lipinski definition) is 2. The maximum Gasteiger partial charge on any atom is 0.323 e. The molecule has 2 heterocycles. The van der Waals surface area contributed by atoms with Gasteiger partial charge in [-0.15, -0.1) is 0 Å². The first-order valence-corrected chi connectivity index (χ1v) is 14.6. The second kappa shape index (κ2) is 14.6. The highest BCUT2D eigenvalue weighted by Crippen LogP contribution is 2.27. The van der Waals surface area contributed by atoms with Crippen LogP contribution in [-0.4, -0.2) is 91.6 Å². The minimum atomic E-state index is -0.390. The first-order valence-electron chi connectivity index (χ1n) is 14.6. The van der Waals surface area contributed by atoms with Gasteiger partial charge >= 0.3 is 18.0 Å². The molecule has 5 amide bonds. The van der Waals surface area contributed by atoms with Crippen LogP contribution in [0.2, 0.25) is 0 Å². The largest absolute Gasteiger partial charge is 0.495 e. The number of ether oxygens (including phenoxy) is 2. The fourth-order valence-electron chi connectivity index (χ4n) is 5.35. The van der Waals surface area contributed by atoms with Gasteiger partial charge in [-0.1, -0.05) is 24.3 Å². The number of carbonyl (C=O) groups is 4. The monoisotopic (exact) mass is 579 g/mol. The Bertz CT molecular complexity index is 1280. The molecule has 2 aliphatic rings. The number of piperidine rings is 1. The van der Waals surface area contributed by atoms with E-state index in [0.717, 1.165) is 11.1 Å². The van der Waals surface area contributed by atoms with Crippen molar-refractivity contribution in [2.45, 2.75) is 39.5 Å². The number of carbonyl (C=O) groups excluding carboxylic acids is 4. The maximum absolute atomic E-state index is 13.2. The zero-order valence-corrected chi connectivity index (χ0v) is 24.7. The molecule has 2 aliphatic heterocycles. The van der Waals surface area contributed by atoms with Crippen molar-refractivity contribution >= 4 is 35.3 Å². The van der Waals surface area contributed by atoms with Gasteiger partial charge in [-0.2, -0.15) is 0 Å². The number of likely N-dealkylation sites (tertiary alicyclic amines) is 1. The second-order valence-corrected chi connectivity index (χ2v) is 10.6. The Hall–Kier alpha value is -4.28. The lowest BCUT2D eigenvalue weighted by atomic mass is 9.97. The van der Waals surface area contributed by atoms with Crippen LogP contribution in [0.5, 0.6) is 5.75 Å². The molecule has 0 unspecified atom stereocenters. The van der Waals surface area contributed by atoms with E-state index < -0.39 is 6.03 Å². The van der Waals surface area contributed by atoms with E-state index >= 15 is 0 Å². The number of nitrogens with zero attached hydrogens (tertiary/aromatic N) is 3. The van der Waals surface area contributed by atoms with Crippen molar-refractivity contribution in [3.8, 4) is 5.75 Å². The summed E-state index contributed by atoms with van der Waals surface area (Å²) in [5.41, 5.74) is 2.93. The van der Waals surface area contributed by atoms with Gasteiger partial charge in [0.1, 0.15) is 5.75 Å². The molecule has 0 spiro atoms. The van der Waals surface area contributed by atoms with Crippen molar-refractivity contribution in [3.63, 3.8) is 0 Å². The number of methoxy groups -OCH3 is 1. The molecule has 0 atom stereocenters. The van der Waals surface area contributed by atoms with Crippen LogP contribution >= 0.6 is 0 Å². The summed E-state index contributed by atoms with van der Waals surface area (Å²) in [6.45, 7) is 7.21. The molecule has 0 aliphatic carbocycles. The van der Waals surface area contributed by atoms with Gasteiger partial charge in [0, 0.05) is 45.0 Å². The molecule has 0 saturated carbocycles. The van der Waals surface area contributed by atoms with Gasteiger partial charge in [0.25, 0.3) is 0 Å². The van der Waals surface area contributed by atoms with E-state index in [1.807, 2.05) is 36.1 Å². The smallest absolute Gasteiger partial charge is 0.323 e. The first kappa shape index (κ1) is 30.7. The van der Waals surface area contributed by atoms with Gasteiger partial charge in [0.15, 0.2) is 0 Å². The highest BCUT2D eigenvalue weighted by Gasteiger charge is 2.31. The van der Waals surface area contributed by atoms with E-state index in [1.54, 1.807) is 34.9 Å². The SMILES string of the molecule is CCOC(=O)C1CCN(C(=O)N2CCCN(C(=O)Cc3ccc(NC(=O)Nc4ccccc4C)c(OC)c3)CC2)CC1. The Labute approximate surface area is 247 Å². The molecular weight excluding hydrogens is 538 g/mol. The summed E-state index contributed by atoms with van der Waals surface area (Å²) in [5, 5.41) is 5.64. The zero-order chi connectivity index (χ0) is 30.1. The molecule has 0 bridgehead atoms. The Morgan fingerprint density at radius 3 is 2.24 bits per heavy atom. The van der Waals surface area contributed by atoms with Crippen LogP contribution in [0.25, 0.3) is 0 Å². The van der Waals surface area contributed by atoms with Crippen LogP contribution in [0, 0.1) is 12.8 Å². The standard InChI is InChI=1S/C31H41N5O6/c1-4-42-29(38)24-12-16-36(17-13-24)31(40)35-15-7-14-34(18-19-35)28(37)21-23-10-11-26(27(20-23)41-3)33-30(39)32-25-9-6-5-8-22(25)2/h5-6,8-11,20,24H,4,7,12-19,21H2,1-3H3,(H2,32,33,39). The minimum absolute atomic E-state index is 0.0281. The van der Waals surface area contributed by atoms with Crippen LogP contribution < -0.4 is 15.4 Å². The van der Waals surface area contributed by atoms with Crippen LogP contribution in [-0.2, 0) is 20.7 Å². The normalized spacial score (nSPS) is 15.9. The molecule has 11 nitrogen and oxygen atoms in total. The molecule has 226 valence electrons. The number of urea groups is 2. The van der Waals surface area contributed by atoms with E-state index in [-0.39, 0.29) is 30.2 Å². The van der Waals surface area contributed by atoms with Crippen molar-refractivity contribution in [1.82, 2.24) is 14.7 Å². The third-order valence-electron chi connectivity index (χ3n) is 7.77. The molecule has 2 aromatic rings. The van der Waals surface area contributed by atoms with Crippen molar-refractivity contribution in [1.29, 1.82) is 0 Å². The summed E-state index contributed by atoms with van der Waals surface area (Å²) in [4.78, 5) is 56.3. The lowest BCUT2D eigenvalue weighted by Crippen LogP contribution is -2.48. The predicted octanol–water partition coefficient (Wildman–Crippen LogP) is 4.12. The number of amides is 5. The van der Waals surface area contributed by atoms with Crippen LogP contribution in [0.3, 0.4) is 0 Å². The van der Waals surface area contributed by atoms with Crippen molar-refractivity contribution in [3.05, 3.63) is 53.6 Å². The van der Waals surface area contributed by atoms with Crippen molar-refractivity contribution in [2.75, 3.05) is 63.6 Å². The summed E-state index contributed by atoms with van der Waals surface area (Å²) in [7, 11) is 1.52. The number of benzene rings is 2. The molecule has 4 rings (SSSR count). The highest BCUT2D eigenvalue weighted by atomic mass is 16.5. The average Bonchev–Trinajstić information content (AvgIpc) is 3.25. The zero-order valence-electron chi connectivity index (χ0n) is 24.7. The number of para-hydroxylation sites is 1. The lowest BCUT2D eigenvalue weighted by Gasteiger charge is -2.34. The fourth-order valence-corrected chi connectivity index (χ4v) is 5.35. The molecule has 2 N–H and O–H groups in total. The Morgan fingerprint density at radius 1 is 0.857 bits per heavy atom. The predicted molar refractivity (Wildman–Crippen MR) is 160 cm³/mol. The van der Waals surface area contributed by atoms with Crippen LogP contribution in [0.15, 0.2) is 42.5 Å². The number of esters is 1. The fraction of sp³-hybridized carbons (Fsp3) is 0.484. The number of hydrogen-bond acceptors (Lipinski definition) is 6. The number of aryl methyl sites for hydroxylation is 1. The maximum atomic E-state index is 13.2. The summed E-state index contributed by atoms with van der Waals surface area (Å²) in [5.74, 6) is 0.102. The molecular formula is C31H41N5O6. The third kappa shape index (κ3) is 7.92. The van der Waals surface area contributed by atoms with Gasteiger partial charge in [-0.3, -0.25) is 9.59 Å². The Morgan fingerprint density at radius 2 is 1.52 bits per heavy atom. The third-order valence-corrected chi connectivity index (χ3v) is 7.77. The number of nitrogens with one attached hydrogen (secondary N) is 2. The molecule has 42 heavy (non-hydrogen) atoms. The van der Waals surface area contributed by atoms with Gasteiger partial charge in [-0.05, 0) is 62.4 Å². The molecule has 2 fully saturated rings. The molecule has 11 heteroatoms. The van der Waals surface area contributed by atoms with E-state index in [9.17, 15) is 19.2 Å². The van der Waals surface area contributed by atoms with Gasteiger partial charge in [-0.25, -0.2) is 9.59 Å². The summed E-state index contributed by atoms with van der Waals surface area (Å²) in [6, 6.07) is 12.4. The Balaban J connectivity index is 1.28. The lowest BCUT2D eigenvalue weighted by molar-refractivity contribution is -0.149. The van der Waals surface area contributed by atoms with E-state index in [1.165, 1.54) is 7.11 Å². The first-order chi connectivity index (χ1) is 20.3. The average molecular weight is 580 g/mol. The van der Waals surface area contributed by atoms with E-state index in [2.05, 4.69) is 10.6 Å². The van der Waals surface area contributed by atoms with Crippen molar-refractivity contribution < 1.29 is 28.7 Å². The van der Waals surface area contributed by atoms with Gasteiger partial charge in [0.2, 0.25) is 5.91 Å². The van der Waals surface area contributed by atoms with Gasteiger partial charge < -0.3 is 34.8 Å². The summed E-state index contributed by atoms with van der Waals surface area (Å²) < 4.78 is 10.6. The highest BCUT2D eigenvalue weighted by molar-refractivity contribution is 6.01. The quantitative estimate of drug-likeness (QED) is 0.476. The van der Waals surface area contributed by atoms with E-state index in [4.69, 9.17) is 9.47 Å². The van der Waals surface area contributed by atoms with Crippen LogP contribution in [0.4, 0.5) is 21.0 Å². The van der Waals surface area contributed by atoms with Crippen LogP contribution in [0.1, 0.15) is 37.3 Å². The van der Waals surface area contributed by atoms with Gasteiger partial charge in [0.05, 0.1) is 31.7 Å². The topological polar surface area (TPSA) is 121 Å². The number of anilines is 2.